The zero-order valence-electron chi connectivity index (χ0n) is 14.4. The molecule has 0 bridgehead atoms. The van der Waals surface area contributed by atoms with Gasteiger partial charge < -0.3 is 0 Å². The summed E-state index contributed by atoms with van der Waals surface area (Å²) in [6, 6.07) is 0. The summed E-state index contributed by atoms with van der Waals surface area (Å²) in [5.41, 5.74) is 6.50. The van der Waals surface area contributed by atoms with Gasteiger partial charge in [0.15, 0.2) is 0 Å². The Hall–Kier alpha value is -0.157. The summed E-state index contributed by atoms with van der Waals surface area (Å²) in [5, 5.41) is 0. The van der Waals surface area contributed by atoms with Crippen molar-refractivity contribution >= 4 is 0 Å². The van der Waals surface area contributed by atoms with Gasteiger partial charge in [0.05, 0.1) is 0 Å². The molecule has 0 aromatic heterocycles. The average molecular weight is 350 g/mol. The van der Waals surface area contributed by atoms with Gasteiger partial charge in [-0.2, -0.15) is 0 Å². The van der Waals surface area contributed by atoms with Crippen LogP contribution in [0.5, 0.6) is 0 Å². The molecule has 2 aliphatic rings. The Morgan fingerprint density at radius 2 is 1.80 bits per heavy atom. The van der Waals surface area contributed by atoms with Crippen molar-refractivity contribution in [3.05, 3.63) is 41.0 Å². The standard InChI is InChI=1S/C9H13.C8H11.2CH3.Zr/c1-6-5-7(2)9(4)8(6)3;1-2-5-8-6-3-4-7-8;;;/h6H,1-4H3;3,6H,2,4-5H2,1H3;2*1H3;. The van der Waals surface area contributed by atoms with Crippen molar-refractivity contribution in [2.24, 2.45) is 5.92 Å². The minimum absolute atomic E-state index is 0.691. The van der Waals surface area contributed by atoms with Crippen LogP contribution in [0, 0.1) is 5.92 Å². The number of allylic oxidation sites excluding steroid dienone is 8. The number of hydrogen-bond acceptors (Lipinski definition) is 0. The maximum absolute atomic E-state index is 2.65. The zero-order chi connectivity index (χ0) is 15.1. The van der Waals surface area contributed by atoms with Crippen molar-refractivity contribution in [1.29, 1.82) is 0 Å². The molecular formula is C19H30Zr. The monoisotopic (exact) mass is 348 g/mol. The molecule has 0 N–H and O–H groups in total. The fraction of sp³-hybridized carbons (Fsp3) is 0.579. The van der Waals surface area contributed by atoms with Crippen LogP contribution in [-0.2, 0) is 20.3 Å². The van der Waals surface area contributed by atoms with Crippen molar-refractivity contribution in [1.82, 2.24) is 0 Å². The molecule has 1 atom stereocenters. The first-order valence-electron chi connectivity index (χ1n) is 8.10. The molecule has 2 aliphatic carbocycles. The van der Waals surface area contributed by atoms with E-state index in [0.717, 1.165) is 0 Å². The summed E-state index contributed by atoms with van der Waals surface area (Å²) < 4.78 is 9.02. The molecule has 0 radical (unpaired) electrons. The Balaban J connectivity index is 2.45. The third kappa shape index (κ3) is 2.52. The SMILES string of the molecule is CCCC1=[C]([Zr]([CH3])([CH3])[C]2=C(C)C(C)=C(C)C2C)CC=C1. The van der Waals surface area contributed by atoms with E-state index in [9.17, 15) is 0 Å². The van der Waals surface area contributed by atoms with E-state index in [4.69, 9.17) is 0 Å². The summed E-state index contributed by atoms with van der Waals surface area (Å²) >= 11 is -2.35. The van der Waals surface area contributed by atoms with Crippen LogP contribution >= 0.6 is 0 Å². The van der Waals surface area contributed by atoms with Gasteiger partial charge >= 0.3 is 130 Å². The Kier molecular flexibility index (Phi) is 4.80. The van der Waals surface area contributed by atoms with E-state index < -0.39 is 20.3 Å². The Morgan fingerprint density at radius 1 is 1.15 bits per heavy atom. The van der Waals surface area contributed by atoms with Gasteiger partial charge in [-0.25, -0.2) is 0 Å². The Bertz CT molecular complexity index is 538. The normalized spacial score (nSPS) is 23.6. The summed E-state index contributed by atoms with van der Waals surface area (Å²) in [6.07, 6.45) is 8.61. The summed E-state index contributed by atoms with van der Waals surface area (Å²) in [7, 11) is 0. The predicted molar refractivity (Wildman–Crippen MR) is 87.7 cm³/mol. The molecular weight excluding hydrogens is 319 g/mol. The predicted octanol–water partition coefficient (Wildman–Crippen LogP) is 6.51. The second-order valence-electron chi connectivity index (χ2n) is 7.05. The van der Waals surface area contributed by atoms with Crippen LogP contribution in [-0.4, -0.2) is 0 Å². The molecule has 0 saturated heterocycles. The number of rotatable bonds is 4. The molecule has 0 spiro atoms. The van der Waals surface area contributed by atoms with Crippen molar-refractivity contribution in [2.75, 3.05) is 0 Å². The van der Waals surface area contributed by atoms with Gasteiger partial charge in [0.2, 0.25) is 0 Å². The number of hydrogen-bond donors (Lipinski definition) is 0. The first kappa shape index (κ1) is 16.2. The van der Waals surface area contributed by atoms with Gasteiger partial charge in [0.25, 0.3) is 0 Å². The van der Waals surface area contributed by atoms with Gasteiger partial charge in [0.1, 0.15) is 0 Å². The molecule has 110 valence electrons. The summed E-state index contributed by atoms with van der Waals surface area (Å²) in [4.78, 5) is 0. The molecule has 0 nitrogen and oxygen atoms in total. The van der Waals surface area contributed by atoms with Gasteiger partial charge in [-0.05, 0) is 0 Å². The first-order chi connectivity index (χ1) is 9.32. The van der Waals surface area contributed by atoms with E-state index in [1.54, 1.807) is 22.3 Å². The average Bonchev–Trinajstić information content (AvgIpc) is 2.92. The quantitative estimate of drug-likeness (QED) is 0.542. The third-order valence-electron chi connectivity index (χ3n) is 5.62. The Morgan fingerprint density at radius 3 is 2.30 bits per heavy atom. The molecule has 0 aliphatic heterocycles. The molecule has 0 amide bonds. The molecule has 0 aromatic carbocycles. The molecule has 0 aromatic rings. The maximum atomic E-state index is 2.65. The fourth-order valence-corrected chi connectivity index (χ4v) is 15.0. The van der Waals surface area contributed by atoms with Crippen LogP contribution in [0.15, 0.2) is 41.0 Å². The van der Waals surface area contributed by atoms with Crippen LogP contribution in [0.25, 0.3) is 0 Å². The van der Waals surface area contributed by atoms with E-state index >= 15 is 0 Å². The minimum atomic E-state index is -2.35. The zero-order valence-corrected chi connectivity index (χ0v) is 16.8. The van der Waals surface area contributed by atoms with E-state index in [0.29, 0.717) is 5.92 Å². The summed E-state index contributed by atoms with van der Waals surface area (Å²) in [6.45, 7) is 11.8. The van der Waals surface area contributed by atoms with Crippen molar-refractivity contribution in [3.8, 4) is 0 Å². The van der Waals surface area contributed by atoms with Crippen LogP contribution < -0.4 is 0 Å². The molecule has 2 rings (SSSR count). The van der Waals surface area contributed by atoms with Gasteiger partial charge in [-0.1, -0.05) is 0 Å². The van der Waals surface area contributed by atoms with Crippen molar-refractivity contribution in [2.45, 2.75) is 63.1 Å². The van der Waals surface area contributed by atoms with Crippen LogP contribution in [0.3, 0.4) is 0 Å². The molecule has 0 saturated carbocycles. The van der Waals surface area contributed by atoms with Gasteiger partial charge in [-0.15, -0.1) is 0 Å². The van der Waals surface area contributed by atoms with Crippen LogP contribution in [0.1, 0.15) is 53.9 Å². The molecule has 0 heterocycles. The third-order valence-corrected chi connectivity index (χ3v) is 15.9. The first-order valence-corrected chi connectivity index (χ1v) is 15.5. The van der Waals surface area contributed by atoms with Crippen LogP contribution in [0.4, 0.5) is 0 Å². The van der Waals surface area contributed by atoms with Gasteiger partial charge in [-0.3, -0.25) is 0 Å². The molecule has 1 unspecified atom stereocenters. The van der Waals surface area contributed by atoms with E-state index in [-0.39, 0.29) is 0 Å². The second-order valence-corrected chi connectivity index (χ2v) is 17.8. The molecule has 1 heteroatoms. The van der Waals surface area contributed by atoms with E-state index in [1.807, 2.05) is 6.56 Å². The molecule has 20 heavy (non-hydrogen) atoms. The summed E-state index contributed by atoms with van der Waals surface area (Å²) in [5.74, 6) is 0.691. The fourth-order valence-electron chi connectivity index (χ4n) is 4.25. The van der Waals surface area contributed by atoms with Crippen molar-refractivity contribution < 1.29 is 20.3 Å². The van der Waals surface area contributed by atoms with E-state index in [1.165, 1.54) is 19.3 Å². The molecule has 0 fully saturated rings. The van der Waals surface area contributed by atoms with E-state index in [2.05, 4.69) is 56.0 Å². The Labute approximate surface area is 130 Å². The van der Waals surface area contributed by atoms with Gasteiger partial charge in [0, 0.05) is 0 Å². The topological polar surface area (TPSA) is 0 Å². The second kappa shape index (κ2) is 5.92. The van der Waals surface area contributed by atoms with Crippen LogP contribution in [0.2, 0.25) is 9.26 Å². The van der Waals surface area contributed by atoms with Crippen molar-refractivity contribution in [3.63, 3.8) is 0 Å².